The van der Waals surface area contributed by atoms with Crippen molar-refractivity contribution in [2.75, 3.05) is 13.7 Å². The molecule has 5 heteroatoms. The van der Waals surface area contributed by atoms with E-state index in [1.807, 2.05) is 0 Å². The number of carbonyl (C=O) groups is 2. The molecular weight excluding hydrogens is 232 g/mol. The largest absolute Gasteiger partial charge is 0.453 e. The molecule has 1 aliphatic carbocycles. The van der Waals surface area contributed by atoms with Crippen molar-refractivity contribution in [1.82, 2.24) is 10.2 Å². The molecule has 0 radical (unpaired) electrons. The van der Waals surface area contributed by atoms with Gasteiger partial charge in [0.2, 0.25) is 5.91 Å². The predicted molar refractivity (Wildman–Crippen MR) is 67.1 cm³/mol. The fraction of sp³-hybridized carbons (Fsp3) is 0.846. The third-order valence-electron chi connectivity index (χ3n) is 3.92. The number of nitrogens with zero attached hydrogens (tertiary/aromatic N) is 1. The van der Waals surface area contributed by atoms with Crippen LogP contribution in [0.1, 0.15) is 44.9 Å². The number of likely N-dealkylation sites (tertiary alicyclic amines) is 1. The number of hydrogen-bond donors (Lipinski definition) is 1. The Bertz CT molecular complexity index is 313. The first-order valence-electron chi connectivity index (χ1n) is 6.87. The van der Waals surface area contributed by atoms with Crippen LogP contribution in [0.5, 0.6) is 0 Å². The summed E-state index contributed by atoms with van der Waals surface area (Å²) in [5.74, 6) is -0.00944. The van der Waals surface area contributed by atoms with Crippen molar-refractivity contribution >= 4 is 12.0 Å². The summed E-state index contributed by atoms with van der Waals surface area (Å²) in [5.41, 5.74) is 0. The topological polar surface area (TPSA) is 58.6 Å². The van der Waals surface area contributed by atoms with Crippen LogP contribution in [-0.2, 0) is 9.53 Å². The maximum absolute atomic E-state index is 12.2. The number of ether oxygens (including phenoxy) is 1. The number of hydrogen-bond acceptors (Lipinski definition) is 3. The highest BCUT2D eigenvalue weighted by atomic mass is 16.5. The van der Waals surface area contributed by atoms with Crippen LogP contribution >= 0.6 is 0 Å². The maximum atomic E-state index is 12.2. The highest BCUT2D eigenvalue weighted by Gasteiger charge is 2.35. The molecule has 0 unspecified atom stereocenters. The molecule has 2 rings (SSSR count). The zero-order valence-electron chi connectivity index (χ0n) is 11.0. The third-order valence-corrected chi connectivity index (χ3v) is 3.92. The average Bonchev–Trinajstić information content (AvgIpc) is 2.88. The Labute approximate surface area is 108 Å². The molecule has 1 N–H and O–H groups in total. The lowest BCUT2D eigenvalue weighted by Gasteiger charge is -2.27. The van der Waals surface area contributed by atoms with Gasteiger partial charge in [-0.25, -0.2) is 4.79 Å². The van der Waals surface area contributed by atoms with E-state index in [4.69, 9.17) is 4.74 Å². The van der Waals surface area contributed by atoms with Gasteiger partial charge in [0.1, 0.15) is 6.04 Å². The van der Waals surface area contributed by atoms with E-state index in [0.29, 0.717) is 12.6 Å². The zero-order valence-corrected chi connectivity index (χ0v) is 11.0. The fourth-order valence-electron chi connectivity index (χ4n) is 2.92. The molecule has 18 heavy (non-hydrogen) atoms. The lowest BCUT2D eigenvalue weighted by atomic mass is 9.95. The van der Waals surface area contributed by atoms with Crippen LogP contribution in [0.25, 0.3) is 0 Å². The molecule has 1 atom stereocenters. The summed E-state index contributed by atoms with van der Waals surface area (Å²) in [4.78, 5) is 25.3. The Balaban J connectivity index is 1.89. The van der Waals surface area contributed by atoms with Crippen LogP contribution in [0.3, 0.4) is 0 Å². The number of nitrogens with one attached hydrogen (secondary N) is 1. The Morgan fingerprint density at radius 1 is 1.11 bits per heavy atom. The molecule has 1 heterocycles. The SMILES string of the molecule is COC(=O)N1CCC[C@H]1C(=O)NC1CCCCC1. The highest BCUT2D eigenvalue weighted by Crippen LogP contribution is 2.21. The van der Waals surface area contributed by atoms with Gasteiger partial charge >= 0.3 is 6.09 Å². The summed E-state index contributed by atoms with van der Waals surface area (Å²) in [7, 11) is 1.36. The first-order chi connectivity index (χ1) is 8.72. The lowest BCUT2D eigenvalue weighted by Crippen LogP contribution is -2.49. The van der Waals surface area contributed by atoms with Crippen LogP contribution < -0.4 is 5.32 Å². The van der Waals surface area contributed by atoms with Crippen molar-refractivity contribution in [2.45, 2.75) is 57.0 Å². The summed E-state index contributed by atoms with van der Waals surface area (Å²) in [6.45, 7) is 0.620. The monoisotopic (exact) mass is 254 g/mol. The quantitative estimate of drug-likeness (QED) is 0.815. The van der Waals surface area contributed by atoms with Gasteiger partial charge in [-0.1, -0.05) is 19.3 Å². The van der Waals surface area contributed by atoms with Crippen LogP contribution in [0.15, 0.2) is 0 Å². The third kappa shape index (κ3) is 2.94. The second-order valence-electron chi connectivity index (χ2n) is 5.16. The molecule has 0 bridgehead atoms. The number of carbonyl (C=O) groups excluding carboxylic acids is 2. The Hall–Kier alpha value is -1.26. The molecule has 0 spiro atoms. The van der Waals surface area contributed by atoms with Crippen molar-refractivity contribution < 1.29 is 14.3 Å². The zero-order chi connectivity index (χ0) is 13.0. The molecule has 1 aliphatic heterocycles. The van der Waals surface area contributed by atoms with E-state index in [2.05, 4.69) is 5.32 Å². The summed E-state index contributed by atoms with van der Waals surface area (Å²) < 4.78 is 4.71. The standard InChI is InChI=1S/C13H22N2O3/c1-18-13(17)15-9-5-8-11(15)12(16)14-10-6-3-2-4-7-10/h10-11H,2-9H2,1H3,(H,14,16)/t11-/m0/s1. The van der Waals surface area contributed by atoms with Crippen LogP contribution in [-0.4, -0.2) is 42.6 Å². The summed E-state index contributed by atoms with van der Waals surface area (Å²) in [6.07, 6.45) is 7.01. The molecule has 1 saturated heterocycles. The van der Waals surface area contributed by atoms with E-state index in [-0.39, 0.29) is 11.9 Å². The van der Waals surface area contributed by atoms with E-state index >= 15 is 0 Å². The van der Waals surface area contributed by atoms with Gasteiger partial charge in [0, 0.05) is 12.6 Å². The summed E-state index contributed by atoms with van der Waals surface area (Å²) in [5, 5.41) is 3.08. The Morgan fingerprint density at radius 2 is 1.83 bits per heavy atom. The first kappa shape index (κ1) is 13.2. The molecule has 2 fully saturated rings. The Kier molecular flexibility index (Phi) is 4.44. The molecule has 0 aromatic carbocycles. The van der Waals surface area contributed by atoms with E-state index < -0.39 is 6.09 Å². The van der Waals surface area contributed by atoms with E-state index in [0.717, 1.165) is 25.7 Å². The molecule has 102 valence electrons. The number of amides is 2. The smallest absolute Gasteiger partial charge is 0.410 e. The number of methoxy groups -OCH3 is 1. The minimum atomic E-state index is -0.392. The van der Waals surface area contributed by atoms with Crippen LogP contribution in [0.2, 0.25) is 0 Å². The second-order valence-corrected chi connectivity index (χ2v) is 5.16. The minimum Gasteiger partial charge on any atom is -0.453 e. The van der Waals surface area contributed by atoms with Gasteiger partial charge in [0.25, 0.3) is 0 Å². The van der Waals surface area contributed by atoms with Crippen molar-refractivity contribution in [1.29, 1.82) is 0 Å². The van der Waals surface area contributed by atoms with Crippen LogP contribution in [0, 0.1) is 0 Å². The minimum absolute atomic E-state index is 0.00944. The highest BCUT2D eigenvalue weighted by molar-refractivity contribution is 5.86. The van der Waals surface area contributed by atoms with Gasteiger partial charge in [0.15, 0.2) is 0 Å². The predicted octanol–water partition coefficient (Wildman–Crippen LogP) is 1.67. The number of rotatable bonds is 2. The normalized spacial score (nSPS) is 24.9. The van der Waals surface area contributed by atoms with Gasteiger partial charge in [-0.15, -0.1) is 0 Å². The van der Waals surface area contributed by atoms with Crippen molar-refractivity contribution in [3.05, 3.63) is 0 Å². The lowest BCUT2D eigenvalue weighted by molar-refractivity contribution is -0.126. The fourth-order valence-corrected chi connectivity index (χ4v) is 2.92. The van der Waals surface area contributed by atoms with Gasteiger partial charge in [-0.2, -0.15) is 0 Å². The van der Waals surface area contributed by atoms with E-state index in [9.17, 15) is 9.59 Å². The summed E-state index contributed by atoms with van der Waals surface area (Å²) in [6, 6.07) is -0.0364. The second kappa shape index (κ2) is 6.07. The van der Waals surface area contributed by atoms with E-state index in [1.165, 1.54) is 31.3 Å². The average molecular weight is 254 g/mol. The van der Waals surface area contributed by atoms with Crippen molar-refractivity contribution in [3.63, 3.8) is 0 Å². The van der Waals surface area contributed by atoms with Gasteiger partial charge in [0.05, 0.1) is 7.11 Å². The molecule has 2 aliphatic rings. The first-order valence-corrected chi connectivity index (χ1v) is 6.87. The molecule has 5 nitrogen and oxygen atoms in total. The van der Waals surface area contributed by atoms with Crippen molar-refractivity contribution in [2.24, 2.45) is 0 Å². The molecule has 0 aromatic heterocycles. The molecule has 1 saturated carbocycles. The van der Waals surface area contributed by atoms with Gasteiger partial charge in [-0.3, -0.25) is 9.69 Å². The Morgan fingerprint density at radius 3 is 2.50 bits per heavy atom. The molecule has 0 aromatic rings. The maximum Gasteiger partial charge on any atom is 0.410 e. The molecule has 2 amide bonds. The van der Waals surface area contributed by atoms with Gasteiger partial charge in [-0.05, 0) is 25.7 Å². The van der Waals surface area contributed by atoms with Crippen LogP contribution in [0.4, 0.5) is 4.79 Å². The van der Waals surface area contributed by atoms with Gasteiger partial charge < -0.3 is 10.1 Å². The summed E-state index contributed by atoms with van der Waals surface area (Å²) >= 11 is 0. The van der Waals surface area contributed by atoms with E-state index in [1.54, 1.807) is 0 Å². The van der Waals surface area contributed by atoms with Crippen molar-refractivity contribution in [3.8, 4) is 0 Å². The molecular formula is C13H22N2O3.